The predicted molar refractivity (Wildman–Crippen MR) is 128 cm³/mol. The van der Waals surface area contributed by atoms with Crippen LogP contribution in [-0.2, 0) is 11.3 Å². The van der Waals surface area contributed by atoms with E-state index in [1.165, 1.54) is 12.1 Å². The lowest BCUT2D eigenvalue weighted by Gasteiger charge is -2.18. The van der Waals surface area contributed by atoms with Crippen LogP contribution in [0, 0.1) is 5.82 Å². The number of ether oxygens (including phenoxy) is 1. The fourth-order valence-electron chi connectivity index (χ4n) is 3.78. The third kappa shape index (κ3) is 6.05. The highest BCUT2D eigenvalue weighted by atomic mass is 35.5. The van der Waals surface area contributed by atoms with E-state index >= 15 is 0 Å². The van der Waals surface area contributed by atoms with E-state index in [9.17, 15) is 9.18 Å². The van der Waals surface area contributed by atoms with E-state index in [4.69, 9.17) is 27.7 Å². The highest BCUT2D eigenvalue weighted by molar-refractivity contribution is 6.09. The van der Waals surface area contributed by atoms with Crippen LogP contribution < -0.4 is 22.9 Å². The van der Waals surface area contributed by atoms with Crippen LogP contribution in [0.15, 0.2) is 48.5 Å². The number of aromatic nitrogens is 1. The number of nitrogens with two attached hydrogens (primary N) is 4. The number of benzene rings is 2. The molecular weight excluding hydrogens is 433 g/mol. The second kappa shape index (κ2) is 11.9. The standard InChI is InChI=1S/C23H30FN5O2.ClH/c24-16-9-7-15(8-10-16)21-19-5-1-2-6-20(19)29(22(21)23(28)30)12-18(27)14-31-13-17(26)4-3-11-25;/h1-2,5-10,17-18H,3-4,11-14,25-27H2,(H2,28,30);1H/t17-,18+;/m0./s1. The molecule has 0 spiro atoms. The van der Waals surface area contributed by atoms with E-state index in [0.29, 0.717) is 36.5 Å². The molecule has 1 aromatic heterocycles. The lowest BCUT2D eigenvalue weighted by Crippen LogP contribution is -2.35. The van der Waals surface area contributed by atoms with Crippen LogP contribution in [0.4, 0.5) is 4.39 Å². The number of rotatable bonds is 11. The van der Waals surface area contributed by atoms with E-state index in [1.807, 2.05) is 28.8 Å². The first kappa shape index (κ1) is 25.8. The highest BCUT2D eigenvalue weighted by Crippen LogP contribution is 2.35. The number of halogens is 2. The normalized spacial score (nSPS) is 13.0. The Bertz CT molecular complexity index is 1030. The Morgan fingerprint density at radius 3 is 2.34 bits per heavy atom. The first-order valence-electron chi connectivity index (χ1n) is 10.4. The SMILES string of the molecule is Cl.NCCC[C@H](N)COC[C@H](N)Cn1c(C(N)=O)c(-c2ccc(F)cc2)c2ccccc21. The van der Waals surface area contributed by atoms with Gasteiger partial charge in [0.2, 0.25) is 0 Å². The molecule has 0 aliphatic carbocycles. The van der Waals surface area contributed by atoms with Gasteiger partial charge >= 0.3 is 0 Å². The number of hydrogen-bond donors (Lipinski definition) is 4. The molecule has 0 radical (unpaired) electrons. The molecule has 0 aliphatic heterocycles. The molecule has 7 nitrogen and oxygen atoms in total. The van der Waals surface area contributed by atoms with Gasteiger partial charge in [0.1, 0.15) is 11.5 Å². The molecule has 0 fully saturated rings. The molecule has 0 bridgehead atoms. The van der Waals surface area contributed by atoms with Crippen molar-refractivity contribution >= 4 is 29.2 Å². The van der Waals surface area contributed by atoms with Crippen LogP contribution in [0.5, 0.6) is 0 Å². The molecular formula is C23H31ClFN5O2. The average molecular weight is 464 g/mol. The van der Waals surface area contributed by atoms with Gasteiger partial charge in [-0.25, -0.2) is 4.39 Å². The quantitative estimate of drug-likeness (QED) is 0.346. The minimum atomic E-state index is -0.576. The zero-order valence-electron chi connectivity index (χ0n) is 17.9. The number of primary amides is 1. The second-order valence-electron chi connectivity index (χ2n) is 7.71. The smallest absolute Gasteiger partial charge is 0.266 e. The third-order valence-corrected chi connectivity index (χ3v) is 5.20. The predicted octanol–water partition coefficient (Wildman–Crippen LogP) is 2.38. The molecule has 3 rings (SSSR count). The summed E-state index contributed by atoms with van der Waals surface area (Å²) in [5, 5.41) is 0.847. The van der Waals surface area contributed by atoms with Gasteiger partial charge in [-0.3, -0.25) is 4.79 Å². The van der Waals surface area contributed by atoms with E-state index in [2.05, 4.69) is 0 Å². The first-order valence-corrected chi connectivity index (χ1v) is 10.4. The Morgan fingerprint density at radius 2 is 1.69 bits per heavy atom. The topological polar surface area (TPSA) is 135 Å². The lowest BCUT2D eigenvalue weighted by atomic mass is 10.0. The minimum Gasteiger partial charge on any atom is -0.378 e. The summed E-state index contributed by atoms with van der Waals surface area (Å²) in [6, 6.07) is 13.1. The number of carbonyl (C=O) groups excluding carboxylic acids is 1. The highest BCUT2D eigenvalue weighted by Gasteiger charge is 2.23. The number of fused-ring (bicyclic) bond motifs is 1. The summed E-state index contributed by atoms with van der Waals surface area (Å²) < 4.78 is 21.0. The molecule has 9 heteroatoms. The molecule has 0 aliphatic rings. The van der Waals surface area contributed by atoms with Crippen molar-refractivity contribution in [2.24, 2.45) is 22.9 Å². The largest absolute Gasteiger partial charge is 0.378 e. The molecule has 2 aromatic carbocycles. The van der Waals surface area contributed by atoms with Crippen LogP contribution >= 0.6 is 12.4 Å². The minimum absolute atomic E-state index is 0. The van der Waals surface area contributed by atoms with Gasteiger partial charge in [0.15, 0.2) is 0 Å². The average Bonchev–Trinajstić information content (AvgIpc) is 3.07. The van der Waals surface area contributed by atoms with Crippen molar-refractivity contribution in [2.45, 2.75) is 31.5 Å². The number of para-hydroxylation sites is 1. The maximum absolute atomic E-state index is 13.5. The van der Waals surface area contributed by atoms with Gasteiger partial charge in [0.05, 0.1) is 13.2 Å². The van der Waals surface area contributed by atoms with Crippen molar-refractivity contribution in [1.82, 2.24) is 4.57 Å². The second-order valence-corrected chi connectivity index (χ2v) is 7.71. The fourth-order valence-corrected chi connectivity index (χ4v) is 3.78. The number of carbonyl (C=O) groups is 1. The maximum atomic E-state index is 13.5. The van der Waals surface area contributed by atoms with Crippen LogP contribution in [-0.4, -0.2) is 42.3 Å². The van der Waals surface area contributed by atoms with Gasteiger partial charge in [0.25, 0.3) is 5.91 Å². The zero-order chi connectivity index (χ0) is 22.4. The van der Waals surface area contributed by atoms with E-state index in [1.54, 1.807) is 12.1 Å². The summed E-state index contributed by atoms with van der Waals surface area (Å²) in [6.45, 7) is 1.61. The van der Waals surface area contributed by atoms with Crippen molar-refractivity contribution in [3.8, 4) is 11.1 Å². The van der Waals surface area contributed by atoms with Gasteiger partial charge in [0, 0.05) is 35.1 Å². The molecule has 8 N–H and O–H groups in total. The van der Waals surface area contributed by atoms with E-state index in [0.717, 1.165) is 23.7 Å². The van der Waals surface area contributed by atoms with Gasteiger partial charge in [-0.15, -0.1) is 12.4 Å². The van der Waals surface area contributed by atoms with Crippen molar-refractivity contribution in [3.05, 3.63) is 60.0 Å². The van der Waals surface area contributed by atoms with Crippen LogP contribution in [0.25, 0.3) is 22.0 Å². The number of amides is 1. The molecule has 32 heavy (non-hydrogen) atoms. The van der Waals surface area contributed by atoms with E-state index in [-0.39, 0.29) is 36.9 Å². The molecule has 2 atom stereocenters. The summed E-state index contributed by atoms with van der Waals surface area (Å²) in [4.78, 5) is 12.5. The molecule has 174 valence electrons. The summed E-state index contributed by atoms with van der Waals surface area (Å²) in [7, 11) is 0. The van der Waals surface area contributed by atoms with Crippen LogP contribution in [0.1, 0.15) is 23.3 Å². The van der Waals surface area contributed by atoms with E-state index < -0.39 is 5.91 Å². The number of nitrogens with zero attached hydrogens (tertiary/aromatic N) is 1. The van der Waals surface area contributed by atoms with Gasteiger partial charge < -0.3 is 32.2 Å². The van der Waals surface area contributed by atoms with Gasteiger partial charge in [-0.2, -0.15) is 0 Å². The third-order valence-electron chi connectivity index (χ3n) is 5.20. The van der Waals surface area contributed by atoms with Crippen LogP contribution in [0.3, 0.4) is 0 Å². The molecule has 1 amide bonds. The number of hydrogen-bond acceptors (Lipinski definition) is 5. The van der Waals surface area contributed by atoms with Gasteiger partial charge in [-0.1, -0.05) is 30.3 Å². The molecule has 0 unspecified atom stereocenters. The Kier molecular flexibility index (Phi) is 9.61. The summed E-state index contributed by atoms with van der Waals surface area (Å²) in [5.74, 6) is -0.926. The summed E-state index contributed by atoms with van der Waals surface area (Å²) >= 11 is 0. The molecule has 3 aromatic rings. The fraction of sp³-hybridized carbons (Fsp3) is 0.348. The Hall–Kier alpha value is -2.49. The monoisotopic (exact) mass is 463 g/mol. The van der Waals surface area contributed by atoms with Gasteiger partial charge in [-0.05, 0) is 43.1 Å². The van der Waals surface area contributed by atoms with Crippen molar-refractivity contribution < 1.29 is 13.9 Å². The van der Waals surface area contributed by atoms with Crippen molar-refractivity contribution in [3.63, 3.8) is 0 Å². The van der Waals surface area contributed by atoms with Crippen molar-refractivity contribution in [2.75, 3.05) is 19.8 Å². The Balaban J connectivity index is 0.00000363. The summed E-state index contributed by atoms with van der Waals surface area (Å²) in [6.07, 6.45) is 1.64. The Morgan fingerprint density at radius 1 is 1.03 bits per heavy atom. The maximum Gasteiger partial charge on any atom is 0.266 e. The lowest BCUT2D eigenvalue weighted by molar-refractivity contribution is 0.0974. The molecule has 1 heterocycles. The Labute approximate surface area is 193 Å². The van der Waals surface area contributed by atoms with Crippen LogP contribution in [0.2, 0.25) is 0 Å². The molecule has 0 saturated heterocycles. The first-order chi connectivity index (χ1) is 14.9. The summed E-state index contributed by atoms with van der Waals surface area (Å²) in [5.41, 5.74) is 26.1. The zero-order valence-corrected chi connectivity index (χ0v) is 18.7. The van der Waals surface area contributed by atoms with Crippen molar-refractivity contribution in [1.29, 1.82) is 0 Å². The molecule has 0 saturated carbocycles.